The number of amides is 1. The summed E-state index contributed by atoms with van der Waals surface area (Å²) in [5.74, 6) is -0.165. The Kier molecular flexibility index (Phi) is 3.65. The molecule has 4 nitrogen and oxygen atoms in total. The molecule has 1 amide bonds. The Labute approximate surface area is 96.3 Å². The zero-order valence-corrected chi connectivity index (χ0v) is 10.2. The molecule has 0 saturated carbocycles. The van der Waals surface area contributed by atoms with Crippen LogP contribution in [0.15, 0.2) is 18.5 Å². The Hall–Kier alpha value is -1.42. The topological polar surface area (TPSA) is 68.0 Å². The zero-order chi connectivity index (χ0) is 12.3. The number of nitrogens with one attached hydrogen (secondary N) is 1. The second-order valence-electron chi connectivity index (χ2n) is 5.02. The zero-order valence-electron chi connectivity index (χ0n) is 10.2. The van der Waals surface area contributed by atoms with E-state index in [0.717, 1.165) is 11.3 Å². The van der Waals surface area contributed by atoms with E-state index in [1.54, 1.807) is 18.5 Å². The summed E-state index contributed by atoms with van der Waals surface area (Å²) in [6, 6.07) is 1.24. The van der Waals surface area contributed by atoms with Crippen LogP contribution in [0.1, 0.15) is 26.3 Å². The molecule has 1 heterocycles. The van der Waals surface area contributed by atoms with Crippen molar-refractivity contribution in [3.63, 3.8) is 0 Å². The van der Waals surface area contributed by atoms with Crippen LogP contribution in [0.5, 0.6) is 0 Å². The van der Waals surface area contributed by atoms with E-state index in [1.807, 2.05) is 27.7 Å². The van der Waals surface area contributed by atoms with E-state index >= 15 is 0 Å². The highest BCUT2D eigenvalue weighted by atomic mass is 16.2. The third-order valence-corrected chi connectivity index (χ3v) is 2.49. The fourth-order valence-corrected chi connectivity index (χ4v) is 1.22. The minimum Gasteiger partial charge on any atom is -0.324 e. The van der Waals surface area contributed by atoms with E-state index in [0.29, 0.717) is 0 Å². The molecule has 1 rings (SSSR count). The number of carbonyl (C=O) groups is 1. The van der Waals surface area contributed by atoms with Crippen LogP contribution in [0.25, 0.3) is 0 Å². The molecule has 4 heteroatoms. The molecule has 0 unspecified atom stereocenters. The summed E-state index contributed by atoms with van der Waals surface area (Å²) in [5.41, 5.74) is 7.31. The average Bonchev–Trinajstić information content (AvgIpc) is 2.19. The lowest BCUT2D eigenvalue weighted by atomic mass is 9.87. The minimum absolute atomic E-state index is 0.165. The molecule has 1 atom stereocenters. The van der Waals surface area contributed by atoms with E-state index in [4.69, 9.17) is 5.73 Å². The molecule has 0 saturated heterocycles. The molecule has 0 aliphatic rings. The van der Waals surface area contributed by atoms with E-state index in [9.17, 15) is 4.79 Å². The van der Waals surface area contributed by atoms with Gasteiger partial charge in [0.15, 0.2) is 0 Å². The van der Waals surface area contributed by atoms with E-state index in [1.165, 1.54) is 0 Å². The van der Waals surface area contributed by atoms with Crippen molar-refractivity contribution in [2.45, 2.75) is 33.7 Å². The Morgan fingerprint density at radius 3 is 2.62 bits per heavy atom. The monoisotopic (exact) mass is 221 g/mol. The number of aromatic nitrogens is 1. The predicted octanol–water partition coefficient (Wildman–Crippen LogP) is 1.70. The summed E-state index contributed by atoms with van der Waals surface area (Å²) in [6.45, 7) is 7.72. The third kappa shape index (κ3) is 3.03. The van der Waals surface area contributed by atoms with Gasteiger partial charge in [0.25, 0.3) is 0 Å². The molecule has 0 radical (unpaired) electrons. The number of nitrogens with zero attached hydrogens (tertiary/aromatic N) is 1. The molecule has 0 aliphatic carbocycles. The van der Waals surface area contributed by atoms with Gasteiger partial charge in [0.05, 0.1) is 6.04 Å². The van der Waals surface area contributed by atoms with Gasteiger partial charge in [0.1, 0.15) is 0 Å². The van der Waals surface area contributed by atoms with Crippen molar-refractivity contribution in [3.8, 4) is 0 Å². The van der Waals surface area contributed by atoms with Gasteiger partial charge in [-0.25, -0.2) is 0 Å². The maximum Gasteiger partial charge on any atom is 0.241 e. The van der Waals surface area contributed by atoms with E-state index < -0.39 is 6.04 Å². The molecule has 0 aliphatic heterocycles. The summed E-state index contributed by atoms with van der Waals surface area (Å²) < 4.78 is 0. The average molecular weight is 221 g/mol. The van der Waals surface area contributed by atoms with Crippen molar-refractivity contribution >= 4 is 11.6 Å². The fraction of sp³-hybridized carbons (Fsp3) is 0.500. The Balaban J connectivity index is 2.76. The number of nitrogens with two attached hydrogens (primary N) is 1. The number of rotatable bonds is 2. The summed E-state index contributed by atoms with van der Waals surface area (Å²) in [7, 11) is 0. The first-order chi connectivity index (χ1) is 7.32. The van der Waals surface area contributed by atoms with Gasteiger partial charge in [-0.05, 0) is 24.0 Å². The maximum absolute atomic E-state index is 11.9. The number of anilines is 1. The van der Waals surface area contributed by atoms with Gasteiger partial charge in [-0.15, -0.1) is 0 Å². The number of pyridine rings is 1. The van der Waals surface area contributed by atoms with Gasteiger partial charge in [0.2, 0.25) is 5.91 Å². The molecule has 0 fully saturated rings. The quantitative estimate of drug-likeness (QED) is 0.798. The van der Waals surface area contributed by atoms with Crippen LogP contribution in [0.4, 0.5) is 5.69 Å². The largest absolute Gasteiger partial charge is 0.324 e. The second-order valence-corrected chi connectivity index (χ2v) is 5.02. The molecule has 1 aromatic rings. The first-order valence-electron chi connectivity index (χ1n) is 5.29. The van der Waals surface area contributed by atoms with Crippen molar-refractivity contribution in [2.24, 2.45) is 11.1 Å². The molecule has 16 heavy (non-hydrogen) atoms. The van der Waals surface area contributed by atoms with Gasteiger partial charge in [-0.3, -0.25) is 9.78 Å². The summed E-state index contributed by atoms with van der Waals surface area (Å²) in [4.78, 5) is 15.8. The number of carbonyl (C=O) groups excluding carboxylic acids is 1. The minimum atomic E-state index is -0.528. The van der Waals surface area contributed by atoms with Crippen molar-refractivity contribution in [3.05, 3.63) is 24.0 Å². The van der Waals surface area contributed by atoms with Crippen LogP contribution < -0.4 is 11.1 Å². The first kappa shape index (κ1) is 12.6. The van der Waals surface area contributed by atoms with Gasteiger partial charge in [-0.1, -0.05) is 20.8 Å². The number of aryl methyl sites for hydroxylation is 1. The van der Waals surface area contributed by atoms with Crippen LogP contribution in [0.3, 0.4) is 0 Å². The molecule has 0 spiro atoms. The van der Waals surface area contributed by atoms with Crippen LogP contribution in [0.2, 0.25) is 0 Å². The van der Waals surface area contributed by atoms with Crippen molar-refractivity contribution < 1.29 is 4.79 Å². The van der Waals surface area contributed by atoms with Gasteiger partial charge in [-0.2, -0.15) is 0 Å². The Morgan fingerprint density at radius 2 is 2.12 bits per heavy atom. The lowest BCUT2D eigenvalue weighted by Crippen LogP contribution is -2.45. The summed E-state index contributed by atoms with van der Waals surface area (Å²) in [6.07, 6.45) is 3.35. The van der Waals surface area contributed by atoms with E-state index in [2.05, 4.69) is 10.3 Å². The Bertz CT molecular complexity index is 382. The molecule has 0 bridgehead atoms. The molecule has 88 valence electrons. The van der Waals surface area contributed by atoms with Crippen LogP contribution in [0, 0.1) is 12.3 Å². The van der Waals surface area contributed by atoms with Crippen LogP contribution in [-0.4, -0.2) is 16.9 Å². The molecular formula is C12H19N3O. The van der Waals surface area contributed by atoms with Gasteiger partial charge < -0.3 is 11.1 Å². The lowest BCUT2D eigenvalue weighted by Gasteiger charge is -2.26. The molecular weight excluding hydrogens is 202 g/mol. The standard InChI is InChI=1S/C12H19N3O/c1-8-7-14-6-5-9(8)15-11(16)10(13)12(2,3)4/h5-7,10H,13H2,1-4H3,(H,14,15,16)/t10-/m0/s1. The normalized spacial score (nSPS) is 13.3. The second kappa shape index (κ2) is 4.61. The predicted molar refractivity (Wildman–Crippen MR) is 65.0 cm³/mol. The first-order valence-corrected chi connectivity index (χ1v) is 5.29. The summed E-state index contributed by atoms with van der Waals surface area (Å²) >= 11 is 0. The number of hydrogen-bond donors (Lipinski definition) is 2. The number of hydrogen-bond acceptors (Lipinski definition) is 3. The Morgan fingerprint density at radius 1 is 1.50 bits per heavy atom. The van der Waals surface area contributed by atoms with Crippen molar-refractivity contribution in [1.82, 2.24) is 4.98 Å². The lowest BCUT2D eigenvalue weighted by molar-refractivity contribution is -0.119. The van der Waals surface area contributed by atoms with Gasteiger partial charge in [0, 0.05) is 18.1 Å². The highest BCUT2D eigenvalue weighted by molar-refractivity contribution is 5.95. The van der Waals surface area contributed by atoms with Gasteiger partial charge >= 0.3 is 0 Å². The smallest absolute Gasteiger partial charge is 0.241 e. The SMILES string of the molecule is Cc1cnccc1NC(=O)[C@H](N)C(C)(C)C. The highest BCUT2D eigenvalue weighted by Crippen LogP contribution is 2.19. The molecule has 3 N–H and O–H groups in total. The highest BCUT2D eigenvalue weighted by Gasteiger charge is 2.27. The molecule has 1 aromatic heterocycles. The van der Waals surface area contributed by atoms with Crippen LogP contribution in [-0.2, 0) is 4.79 Å². The van der Waals surface area contributed by atoms with Crippen molar-refractivity contribution in [2.75, 3.05) is 5.32 Å². The maximum atomic E-state index is 11.9. The third-order valence-electron chi connectivity index (χ3n) is 2.49. The fourth-order valence-electron chi connectivity index (χ4n) is 1.22. The van der Waals surface area contributed by atoms with Crippen molar-refractivity contribution in [1.29, 1.82) is 0 Å². The molecule has 0 aromatic carbocycles. The van der Waals surface area contributed by atoms with E-state index in [-0.39, 0.29) is 11.3 Å². The van der Waals surface area contributed by atoms with Crippen LogP contribution >= 0.6 is 0 Å². The summed E-state index contributed by atoms with van der Waals surface area (Å²) in [5, 5.41) is 2.81.